The van der Waals surface area contributed by atoms with E-state index in [2.05, 4.69) is 5.32 Å². The molecule has 2 aromatic carbocycles. The van der Waals surface area contributed by atoms with Crippen molar-refractivity contribution in [3.05, 3.63) is 70.8 Å². The Kier molecular flexibility index (Phi) is 5.22. The van der Waals surface area contributed by atoms with Crippen molar-refractivity contribution in [1.82, 2.24) is 5.32 Å². The van der Waals surface area contributed by atoms with Gasteiger partial charge in [-0.2, -0.15) is 0 Å². The maximum Gasteiger partial charge on any atom is 0.251 e. The molecule has 2 aromatic rings. The van der Waals surface area contributed by atoms with Crippen LogP contribution in [0.5, 0.6) is 0 Å². The molecule has 22 heavy (non-hydrogen) atoms. The summed E-state index contributed by atoms with van der Waals surface area (Å²) < 4.78 is 31.1. The van der Waals surface area contributed by atoms with E-state index in [4.69, 9.17) is 4.74 Å². The van der Waals surface area contributed by atoms with Gasteiger partial charge in [-0.05, 0) is 42.3 Å². The summed E-state index contributed by atoms with van der Waals surface area (Å²) in [4.78, 5) is 12.1. The highest BCUT2D eigenvalue weighted by Gasteiger charge is 2.13. The number of methoxy groups -OCH3 is 1. The summed E-state index contributed by atoms with van der Waals surface area (Å²) in [5, 5.41) is 2.75. The molecular weight excluding hydrogens is 288 g/mol. The minimum Gasteiger partial charge on any atom is -0.380 e. The number of halogens is 2. The van der Waals surface area contributed by atoms with E-state index in [0.29, 0.717) is 17.7 Å². The van der Waals surface area contributed by atoms with Gasteiger partial charge >= 0.3 is 0 Å². The first-order valence-corrected chi connectivity index (χ1v) is 6.85. The third kappa shape index (κ3) is 3.89. The van der Waals surface area contributed by atoms with Gasteiger partial charge in [0, 0.05) is 12.7 Å². The molecule has 0 aromatic heterocycles. The molecule has 1 atom stereocenters. The Hall–Kier alpha value is -2.27. The van der Waals surface area contributed by atoms with E-state index >= 15 is 0 Å². The summed E-state index contributed by atoms with van der Waals surface area (Å²) in [6, 6.07) is 10.2. The number of hydrogen-bond acceptors (Lipinski definition) is 2. The van der Waals surface area contributed by atoms with Gasteiger partial charge in [-0.15, -0.1) is 0 Å². The van der Waals surface area contributed by atoms with Gasteiger partial charge in [0.15, 0.2) is 11.6 Å². The van der Waals surface area contributed by atoms with E-state index in [1.165, 1.54) is 6.07 Å². The molecule has 0 fully saturated rings. The zero-order chi connectivity index (χ0) is 16.1. The standard InChI is InChI=1S/C17H17F2NO2/c1-11(14-7-8-15(18)16(19)9-14)20-17(21)13-5-3-12(4-6-13)10-22-2/h3-9,11H,10H2,1-2H3,(H,20,21)/t11-/m1/s1. The van der Waals surface area contributed by atoms with E-state index in [1.54, 1.807) is 38.3 Å². The Balaban J connectivity index is 2.05. The van der Waals surface area contributed by atoms with Crippen molar-refractivity contribution in [3.63, 3.8) is 0 Å². The molecule has 0 aliphatic rings. The molecule has 0 saturated heterocycles. The van der Waals surface area contributed by atoms with Crippen molar-refractivity contribution >= 4 is 5.91 Å². The fourth-order valence-corrected chi connectivity index (χ4v) is 2.06. The van der Waals surface area contributed by atoms with Crippen LogP contribution in [0.1, 0.15) is 34.5 Å². The van der Waals surface area contributed by atoms with Gasteiger partial charge < -0.3 is 10.1 Å². The summed E-state index contributed by atoms with van der Waals surface area (Å²) >= 11 is 0. The molecule has 0 spiro atoms. The number of nitrogens with one attached hydrogen (secondary N) is 1. The minimum absolute atomic E-state index is 0.277. The number of amides is 1. The van der Waals surface area contributed by atoms with Crippen LogP contribution in [0.4, 0.5) is 8.78 Å². The lowest BCUT2D eigenvalue weighted by Gasteiger charge is -2.15. The highest BCUT2D eigenvalue weighted by atomic mass is 19.2. The van der Waals surface area contributed by atoms with Crippen LogP contribution in [-0.2, 0) is 11.3 Å². The molecule has 0 radical (unpaired) electrons. The van der Waals surface area contributed by atoms with Crippen LogP contribution in [0.3, 0.4) is 0 Å². The second kappa shape index (κ2) is 7.13. The summed E-state index contributed by atoms with van der Waals surface area (Å²) in [7, 11) is 1.60. The third-order valence-electron chi connectivity index (χ3n) is 3.32. The molecule has 0 bridgehead atoms. The smallest absolute Gasteiger partial charge is 0.251 e. The Morgan fingerprint density at radius 3 is 2.41 bits per heavy atom. The average molecular weight is 305 g/mol. The van der Waals surface area contributed by atoms with E-state index in [9.17, 15) is 13.6 Å². The molecule has 1 N–H and O–H groups in total. The van der Waals surface area contributed by atoms with Gasteiger partial charge in [-0.3, -0.25) is 4.79 Å². The fraction of sp³-hybridized carbons (Fsp3) is 0.235. The normalized spacial score (nSPS) is 12.0. The minimum atomic E-state index is -0.928. The Bertz CT molecular complexity index is 656. The quantitative estimate of drug-likeness (QED) is 0.916. The van der Waals surface area contributed by atoms with Crippen LogP contribution in [0.15, 0.2) is 42.5 Å². The predicted molar refractivity (Wildman–Crippen MR) is 79.4 cm³/mol. The van der Waals surface area contributed by atoms with Crippen LogP contribution in [0.25, 0.3) is 0 Å². The van der Waals surface area contributed by atoms with Gasteiger partial charge in [0.05, 0.1) is 12.6 Å². The van der Waals surface area contributed by atoms with Gasteiger partial charge in [-0.25, -0.2) is 8.78 Å². The monoisotopic (exact) mass is 305 g/mol. The van der Waals surface area contributed by atoms with Crippen molar-refractivity contribution in [2.45, 2.75) is 19.6 Å². The second-order valence-corrected chi connectivity index (χ2v) is 5.00. The van der Waals surface area contributed by atoms with Crippen molar-refractivity contribution in [2.75, 3.05) is 7.11 Å². The lowest BCUT2D eigenvalue weighted by molar-refractivity contribution is 0.0939. The van der Waals surface area contributed by atoms with Crippen molar-refractivity contribution in [3.8, 4) is 0 Å². The van der Waals surface area contributed by atoms with Crippen LogP contribution in [0, 0.1) is 11.6 Å². The van der Waals surface area contributed by atoms with Crippen molar-refractivity contribution in [2.24, 2.45) is 0 Å². The van der Waals surface area contributed by atoms with Crippen LogP contribution >= 0.6 is 0 Å². The summed E-state index contributed by atoms with van der Waals surface area (Å²) in [5.41, 5.74) is 1.96. The lowest BCUT2D eigenvalue weighted by Crippen LogP contribution is -2.26. The van der Waals surface area contributed by atoms with Gasteiger partial charge in [-0.1, -0.05) is 18.2 Å². The predicted octanol–water partition coefficient (Wildman–Crippen LogP) is 3.60. The molecule has 0 heterocycles. The number of hydrogen-bond donors (Lipinski definition) is 1. The van der Waals surface area contributed by atoms with E-state index in [1.807, 2.05) is 0 Å². The van der Waals surface area contributed by atoms with E-state index in [0.717, 1.165) is 17.7 Å². The summed E-state index contributed by atoms with van der Waals surface area (Å²) in [5.74, 6) is -2.11. The number of benzene rings is 2. The van der Waals surface area contributed by atoms with Crippen LogP contribution in [-0.4, -0.2) is 13.0 Å². The first-order chi connectivity index (χ1) is 10.5. The fourth-order valence-electron chi connectivity index (χ4n) is 2.06. The number of carbonyl (C=O) groups excluding carboxylic acids is 1. The number of ether oxygens (including phenoxy) is 1. The first kappa shape index (κ1) is 16.1. The SMILES string of the molecule is COCc1ccc(C(=O)N[C@H](C)c2ccc(F)c(F)c2)cc1. The number of carbonyl (C=O) groups is 1. The molecule has 3 nitrogen and oxygen atoms in total. The first-order valence-electron chi connectivity index (χ1n) is 6.85. The van der Waals surface area contributed by atoms with Gasteiger partial charge in [0.2, 0.25) is 0 Å². The lowest BCUT2D eigenvalue weighted by atomic mass is 10.1. The number of rotatable bonds is 5. The van der Waals surface area contributed by atoms with E-state index < -0.39 is 17.7 Å². The molecule has 0 saturated carbocycles. The molecule has 0 aliphatic carbocycles. The summed E-state index contributed by atoms with van der Waals surface area (Å²) in [6.07, 6.45) is 0. The van der Waals surface area contributed by atoms with Crippen molar-refractivity contribution < 1.29 is 18.3 Å². The average Bonchev–Trinajstić information content (AvgIpc) is 2.51. The second-order valence-electron chi connectivity index (χ2n) is 5.00. The summed E-state index contributed by atoms with van der Waals surface area (Å²) in [6.45, 7) is 2.19. The zero-order valence-electron chi connectivity index (χ0n) is 12.4. The maximum atomic E-state index is 13.2. The molecule has 116 valence electrons. The Morgan fingerprint density at radius 1 is 1.14 bits per heavy atom. The molecular formula is C17H17F2NO2. The van der Waals surface area contributed by atoms with Gasteiger partial charge in [0.1, 0.15) is 0 Å². The zero-order valence-corrected chi connectivity index (χ0v) is 12.4. The van der Waals surface area contributed by atoms with Crippen LogP contribution < -0.4 is 5.32 Å². The Morgan fingerprint density at radius 2 is 1.82 bits per heavy atom. The molecule has 1 amide bonds. The molecule has 0 aliphatic heterocycles. The Labute approximate surface area is 127 Å². The van der Waals surface area contributed by atoms with E-state index in [-0.39, 0.29) is 5.91 Å². The molecule has 5 heteroatoms. The van der Waals surface area contributed by atoms with Crippen molar-refractivity contribution in [1.29, 1.82) is 0 Å². The third-order valence-corrected chi connectivity index (χ3v) is 3.32. The maximum absolute atomic E-state index is 13.2. The van der Waals surface area contributed by atoms with Crippen LogP contribution in [0.2, 0.25) is 0 Å². The highest BCUT2D eigenvalue weighted by molar-refractivity contribution is 5.94. The van der Waals surface area contributed by atoms with Gasteiger partial charge in [0.25, 0.3) is 5.91 Å². The largest absolute Gasteiger partial charge is 0.380 e. The topological polar surface area (TPSA) is 38.3 Å². The molecule has 2 rings (SSSR count). The molecule has 0 unspecified atom stereocenters. The highest BCUT2D eigenvalue weighted by Crippen LogP contribution is 2.16.